The lowest BCUT2D eigenvalue weighted by molar-refractivity contribution is -0.192. The Balaban J connectivity index is 0.000000451. The topological polar surface area (TPSA) is 109 Å². The van der Waals surface area contributed by atoms with Gasteiger partial charge in [0, 0.05) is 44.3 Å². The van der Waals surface area contributed by atoms with Gasteiger partial charge < -0.3 is 14.9 Å². The van der Waals surface area contributed by atoms with Crippen molar-refractivity contribution in [3.05, 3.63) is 96.7 Å². The Morgan fingerprint density at radius 2 is 1.55 bits per heavy atom. The minimum absolute atomic E-state index is 0.0731. The molecule has 1 saturated heterocycles. The molecule has 0 bridgehead atoms. The van der Waals surface area contributed by atoms with E-state index in [1.165, 1.54) is 11.3 Å². The Kier molecular flexibility index (Phi) is 7.91. The quantitative estimate of drug-likeness (QED) is 0.335. The first-order valence-electron chi connectivity index (χ1n) is 13.0. The molecule has 13 heteroatoms. The molecule has 0 saturated carbocycles. The van der Waals surface area contributed by atoms with Gasteiger partial charge in [-0.3, -0.25) is 14.2 Å². The number of hydrogen-bond acceptors (Lipinski definition) is 6. The van der Waals surface area contributed by atoms with E-state index in [0.717, 1.165) is 24.5 Å². The summed E-state index contributed by atoms with van der Waals surface area (Å²) in [5.41, 5.74) is 5.27. The molecule has 0 atom stereocenters. The third-order valence-corrected chi connectivity index (χ3v) is 6.73. The Bertz CT molecular complexity index is 1690. The maximum absolute atomic E-state index is 13.6. The van der Waals surface area contributed by atoms with Gasteiger partial charge in [-0.1, -0.05) is 35.9 Å². The molecular formula is C29H26F3N7O3. The Morgan fingerprint density at radius 1 is 0.881 bits per heavy atom. The van der Waals surface area contributed by atoms with Gasteiger partial charge in [-0.2, -0.15) is 18.3 Å². The highest BCUT2D eigenvalue weighted by atomic mass is 19.4. The van der Waals surface area contributed by atoms with Crippen LogP contribution >= 0.6 is 0 Å². The number of aliphatic carboxylic acids is 1. The van der Waals surface area contributed by atoms with Gasteiger partial charge in [0.2, 0.25) is 0 Å². The highest BCUT2D eigenvalue weighted by Crippen LogP contribution is 2.26. The van der Waals surface area contributed by atoms with Crippen LogP contribution in [0.4, 0.5) is 18.9 Å². The number of alkyl halides is 3. The SMILES string of the molecule is Cc1ccc(N2CCN(C(=O)c3nc(-c4ccnn4-c4ccccc4)n4ccncc34)CC2)cc1.O=C(O)C(F)(F)F. The lowest BCUT2D eigenvalue weighted by Gasteiger charge is -2.36. The van der Waals surface area contributed by atoms with Gasteiger partial charge in [-0.05, 0) is 37.3 Å². The van der Waals surface area contributed by atoms with Gasteiger partial charge in [-0.15, -0.1) is 0 Å². The highest BCUT2D eigenvalue weighted by molar-refractivity contribution is 6.00. The number of aryl methyl sites for hydroxylation is 1. The number of benzene rings is 2. The predicted octanol–water partition coefficient (Wildman–Crippen LogP) is 4.49. The minimum Gasteiger partial charge on any atom is -0.475 e. The fourth-order valence-electron chi connectivity index (χ4n) is 4.60. The molecule has 6 rings (SSSR count). The molecule has 10 nitrogen and oxygen atoms in total. The summed E-state index contributed by atoms with van der Waals surface area (Å²) in [6.07, 6.45) is 1.91. The van der Waals surface area contributed by atoms with Gasteiger partial charge >= 0.3 is 12.1 Å². The molecule has 216 valence electrons. The number of para-hydroxylation sites is 1. The van der Waals surface area contributed by atoms with Crippen LogP contribution in [0, 0.1) is 6.92 Å². The van der Waals surface area contributed by atoms with Crippen LogP contribution in [0.2, 0.25) is 0 Å². The first-order chi connectivity index (χ1) is 20.1. The maximum Gasteiger partial charge on any atom is 0.490 e. The van der Waals surface area contributed by atoms with Crippen molar-refractivity contribution < 1.29 is 27.9 Å². The summed E-state index contributed by atoms with van der Waals surface area (Å²) >= 11 is 0. The number of carbonyl (C=O) groups is 2. The Hall–Kier alpha value is -5.20. The summed E-state index contributed by atoms with van der Waals surface area (Å²) < 4.78 is 35.5. The number of carboxylic acid groups (broad SMARTS) is 1. The van der Waals surface area contributed by atoms with E-state index in [1.54, 1.807) is 18.6 Å². The van der Waals surface area contributed by atoms with E-state index in [9.17, 15) is 18.0 Å². The summed E-state index contributed by atoms with van der Waals surface area (Å²) in [6, 6.07) is 20.3. The van der Waals surface area contributed by atoms with Crippen molar-refractivity contribution in [3.63, 3.8) is 0 Å². The summed E-state index contributed by atoms with van der Waals surface area (Å²) in [4.78, 5) is 35.8. The van der Waals surface area contributed by atoms with Crippen molar-refractivity contribution in [2.45, 2.75) is 13.1 Å². The van der Waals surface area contributed by atoms with Gasteiger partial charge in [0.1, 0.15) is 5.69 Å². The van der Waals surface area contributed by atoms with Crippen molar-refractivity contribution in [1.82, 2.24) is 29.0 Å². The van der Waals surface area contributed by atoms with E-state index >= 15 is 0 Å². The maximum atomic E-state index is 13.6. The van der Waals surface area contributed by atoms with Crippen molar-refractivity contribution in [1.29, 1.82) is 0 Å². The van der Waals surface area contributed by atoms with Gasteiger partial charge in [0.15, 0.2) is 11.5 Å². The lowest BCUT2D eigenvalue weighted by Crippen LogP contribution is -2.49. The third-order valence-electron chi connectivity index (χ3n) is 6.73. The predicted molar refractivity (Wildman–Crippen MR) is 149 cm³/mol. The standard InChI is InChI=1S/C27H25N7O.C2HF3O2/c1-20-7-9-21(10-8-20)31-15-17-32(18-16-31)27(35)25-24-19-28-13-14-33(24)26(30-25)23-11-12-29-34(23)22-5-3-2-4-6-22;3-2(4,5)1(6)7/h2-14,19H,15-18H2,1H3;(H,6,7). The molecule has 3 aromatic heterocycles. The number of carboxylic acids is 1. The Morgan fingerprint density at radius 3 is 2.19 bits per heavy atom. The molecule has 0 unspecified atom stereocenters. The van der Waals surface area contributed by atoms with Crippen molar-refractivity contribution >= 4 is 23.1 Å². The molecule has 0 spiro atoms. The number of amides is 1. The van der Waals surface area contributed by atoms with Crippen LogP contribution in [-0.2, 0) is 4.79 Å². The lowest BCUT2D eigenvalue weighted by atomic mass is 10.2. The zero-order chi connectivity index (χ0) is 29.9. The monoisotopic (exact) mass is 577 g/mol. The summed E-state index contributed by atoms with van der Waals surface area (Å²) in [6.45, 7) is 4.94. The molecule has 5 aromatic rings. The van der Waals surface area contributed by atoms with E-state index in [1.807, 2.05) is 56.6 Å². The third kappa shape index (κ3) is 5.94. The first kappa shape index (κ1) is 28.3. The molecule has 42 heavy (non-hydrogen) atoms. The minimum atomic E-state index is -5.08. The molecule has 0 aliphatic carbocycles. The van der Waals surface area contributed by atoms with Crippen LogP contribution in [0.3, 0.4) is 0 Å². The van der Waals surface area contributed by atoms with E-state index in [2.05, 4.69) is 46.2 Å². The van der Waals surface area contributed by atoms with Crippen LogP contribution in [-0.4, -0.2) is 78.4 Å². The number of aromatic nitrogens is 5. The summed E-state index contributed by atoms with van der Waals surface area (Å²) in [7, 11) is 0. The zero-order valence-electron chi connectivity index (χ0n) is 22.4. The molecule has 2 aromatic carbocycles. The molecule has 1 aliphatic rings. The molecule has 1 amide bonds. The average Bonchev–Trinajstić information content (AvgIpc) is 3.63. The fourth-order valence-corrected chi connectivity index (χ4v) is 4.60. The second-order valence-corrected chi connectivity index (χ2v) is 9.50. The fraction of sp³-hybridized carbons (Fsp3) is 0.207. The number of hydrogen-bond donors (Lipinski definition) is 1. The van der Waals surface area contributed by atoms with E-state index < -0.39 is 12.1 Å². The van der Waals surface area contributed by atoms with Crippen LogP contribution in [0.1, 0.15) is 16.1 Å². The van der Waals surface area contributed by atoms with E-state index in [0.29, 0.717) is 30.1 Å². The van der Waals surface area contributed by atoms with Crippen molar-refractivity contribution in [2.24, 2.45) is 0 Å². The Labute approximate surface area is 238 Å². The zero-order valence-corrected chi connectivity index (χ0v) is 22.4. The van der Waals surface area contributed by atoms with E-state index in [-0.39, 0.29) is 5.91 Å². The number of piperazine rings is 1. The number of fused-ring (bicyclic) bond motifs is 1. The second-order valence-electron chi connectivity index (χ2n) is 9.50. The van der Waals surface area contributed by atoms with Gasteiger partial charge in [-0.25, -0.2) is 14.5 Å². The number of rotatable bonds is 4. The van der Waals surface area contributed by atoms with Gasteiger partial charge in [0.25, 0.3) is 5.91 Å². The van der Waals surface area contributed by atoms with Crippen LogP contribution < -0.4 is 4.90 Å². The molecular weight excluding hydrogens is 551 g/mol. The van der Waals surface area contributed by atoms with Crippen LogP contribution in [0.5, 0.6) is 0 Å². The van der Waals surface area contributed by atoms with E-state index in [4.69, 9.17) is 14.9 Å². The average molecular weight is 578 g/mol. The number of carbonyl (C=O) groups excluding carboxylic acids is 1. The molecule has 1 N–H and O–H groups in total. The number of halogens is 3. The number of anilines is 1. The highest BCUT2D eigenvalue weighted by Gasteiger charge is 2.38. The smallest absolute Gasteiger partial charge is 0.475 e. The first-order valence-corrected chi connectivity index (χ1v) is 13.0. The van der Waals surface area contributed by atoms with Crippen LogP contribution in [0.25, 0.3) is 22.7 Å². The normalized spacial score (nSPS) is 13.5. The molecule has 0 radical (unpaired) electrons. The van der Waals surface area contributed by atoms with Crippen molar-refractivity contribution in [3.8, 4) is 17.2 Å². The molecule has 1 fully saturated rings. The second kappa shape index (κ2) is 11.7. The summed E-state index contributed by atoms with van der Waals surface area (Å²) in [5.74, 6) is -2.17. The number of nitrogens with zero attached hydrogens (tertiary/aromatic N) is 7. The largest absolute Gasteiger partial charge is 0.490 e. The molecule has 4 heterocycles. The van der Waals surface area contributed by atoms with Crippen LogP contribution in [0.15, 0.2) is 85.5 Å². The molecule has 1 aliphatic heterocycles. The number of imidazole rings is 1. The van der Waals surface area contributed by atoms with Gasteiger partial charge in [0.05, 0.1) is 23.6 Å². The van der Waals surface area contributed by atoms with Crippen molar-refractivity contribution in [2.75, 3.05) is 31.1 Å². The summed E-state index contributed by atoms with van der Waals surface area (Å²) in [5, 5.41) is 11.6.